The molecular formula is C26H42O4. The van der Waals surface area contributed by atoms with Gasteiger partial charge in [-0.15, -0.1) is 0 Å². The molecule has 0 aliphatic heterocycles. The van der Waals surface area contributed by atoms with Gasteiger partial charge in [-0.2, -0.15) is 0 Å². The molecule has 4 heteroatoms. The second-order valence-corrected chi connectivity index (χ2v) is 9.60. The molecule has 0 radical (unpaired) electrons. The molecule has 0 bridgehead atoms. The smallest absolute Gasteiger partial charge is 0.339 e. The van der Waals surface area contributed by atoms with E-state index in [2.05, 4.69) is 34.6 Å². The molecule has 0 amide bonds. The lowest BCUT2D eigenvalue weighted by molar-refractivity contribution is 0.0439. The summed E-state index contributed by atoms with van der Waals surface area (Å²) >= 11 is 0. The van der Waals surface area contributed by atoms with Gasteiger partial charge in [-0.05, 0) is 42.7 Å². The predicted molar refractivity (Wildman–Crippen MR) is 123 cm³/mol. The van der Waals surface area contributed by atoms with E-state index in [1.807, 2.05) is 0 Å². The molecule has 0 saturated carbocycles. The van der Waals surface area contributed by atoms with Gasteiger partial charge in [0.25, 0.3) is 0 Å². The van der Waals surface area contributed by atoms with Crippen molar-refractivity contribution < 1.29 is 19.1 Å². The van der Waals surface area contributed by atoms with Crippen molar-refractivity contribution in [2.75, 3.05) is 13.2 Å². The molecule has 1 aromatic rings. The number of carbonyl (C=O) groups excluding carboxylic acids is 2. The Hall–Kier alpha value is -1.84. The standard InChI is InChI=1S/C26H42O4/c1-6-7-8-9-10-11-14-18-29-24(27)22-15-12-13-16-23(22)25(28)30-19-17-21(2)20-26(3,4)5/h12-13,15-16,21H,6-11,14,17-20H2,1-5H3. The largest absolute Gasteiger partial charge is 0.462 e. The van der Waals surface area contributed by atoms with Crippen LogP contribution in [0.15, 0.2) is 24.3 Å². The van der Waals surface area contributed by atoms with Crippen LogP contribution in [0, 0.1) is 11.3 Å². The summed E-state index contributed by atoms with van der Waals surface area (Å²) in [5.41, 5.74) is 0.827. The fourth-order valence-corrected chi connectivity index (χ4v) is 3.72. The molecule has 0 heterocycles. The minimum absolute atomic E-state index is 0.259. The first-order valence-corrected chi connectivity index (χ1v) is 11.7. The van der Waals surface area contributed by atoms with E-state index in [4.69, 9.17) is 9.47 Å². The third-order valence-corrected chi connectivity index (χ3v) is 5.15. The minimum Gasteiger partial charge on any atom is -0.462 e. The maximum absolute atomic E-state index is 12.5. The minimum atomic E-state index is -0.457. The molecule has 0 N–H and O–H groups in total. The average Bonchev–Trinajstić information content (AvgIpc) is 2.68. The van der Waals surface area contributed by atoms with Crippen LogP contribution < -0.4 is 0 Å². The van der Waals surface area contributed by atoms with Crippen LogP contribution in [0.4, 0.5) is 0 Å². The maximum Gasteiger partial charge on any atom is 0.339 e. The number of rotatable bonds is 14. The van der Waals surface area contributed by atoms with Crippen LogP contribution in [-0.2, 0) is 9.47 Å². The number of hydrogen-bond donors (Lipinski definition) is 0. The molecule has 30 heavy (non-hydrogen) atoms. The van der Waals surface area contributed by atoms with Gasteiger partial charge in [-0.1, -0.05) is 85.3 Å². The van der Waals surface area contributed by atoms with Gasteiger partial charge in [-0.3, -0.25) is 0 Å². The Bertz CT molecular complexity index is 630. The highest BCUT2D eigenvalue weighted by molar-refractivity contribution is 6.03. The summed E-state index contributed by atoms with van der Waals surface area (Å²) in [6.07, 6.45) is 10.0. The van der Waals surface area contributed by atoms with Crippen molar-refractivity contribution in [2.45, 2.75) is 92.4 Å². The van der Waals surface area contributed by atoms with Gasteiger partial charge in [0.05, 0.1) is 24.3 Å². The van der Waals surface area contributed by atoms with E-state index in [1.165, 1.54) is 32.1 Å². The van der Waals surface area contributed by atoms with E-state index in [1.54, 1.807) is 24.3 Å². The summed E-state index contributed by atoms with van der Waals surface area (Å²) < 4.78 is 10.8. The molecule has 0 spiro atoms. The van der Waals surface area contributed by atoms with Crippen LogP contribution >= 0.6 is 0 Å². The molecule has 0 aromatic heterocycles. The number of ether oxygens (including phenoxy) is 2. The first-order valence-electron chi connectivity index (χ1n) is 11.7. The van der Waals surface area contributed by atoms with Crippen molar-refractivity contribution in [1.82, 2.24) is 0 Å². The lowest BCUT2D eigenvalue weighted by atomic mass is 9.84. The molecule has 1 unspecified atom stereocenters. The zero-order valence-electron chi connectivity index (χ0n) is 19.8. The van der Waals surface area contributed by atoms with E-state index < -0.39 is 11.9 Å². The van der Waals surface area contributed by atoms with Crippen LogP contribution in [0.2, 0.25) is 0 Å². The fourth-order valence-electron chi connectivity index (χ4n) is 3.72. The van der Waals surface area contributed by atoms with Crippen LogP contribution in [0.3, 0.4) is 0 Å². The third kappa shape index (κ3) is 11.4. The Morgan fingerprint density at radius 1 is 0.833 bits per heavy atom. The topological polar surface area (TPSA) is 52.6 Å². The SMILES string of the molecule is CCCCCCCCCOC(=O)c1ccccc1C(=O)OCCC(C)CC(C)(C)C. The first-order chi connectivity index (χ1) is 14.2. The number of hydrogen-bond acceptors (Lipinski definition) is 4. The summed E-state index contributed by atoms with van der Waals surface area (Å²) in [5, 5.41) is 0. The first kappa shape index (κ1) is 26.2. The van der Waals surface area contributed by atoms with Gasteiger partial charge in [0, 0.05) is 0 Å². The second-order valence-electron chi connectivity index (χ2n) is 9.60. The molecule has 4 nitrogen and oxygen atoms in total. The van der Waals surface area contributed by atoms with E-state index >= 15 is 0 Å². The fraction of sp³-hybridized carbons (Fsp3) is 0.692. The van der Waals surface area contributed by atoms with Crippen molar-refractivity contribution >= 4 is 11.9 Å². The van der Waals surface area contributed by atoms with E-state index in [9.17, 15) is 9.59 Å². The third-order valence-electron chi connectivity index (χ3n) is 5.15. The van der Waals surface area contributed by atoms with Gasteiger partial charge < -0.3 is 9.47 Å². The molecule has 0 saturated heterocycles. The number of carbonyl (C=O) groups is 2. The van der Waals surface area contributed by atoms with Crippen molar-refractivity contribution in [3.8, 4) is 0 Å². The molecule has 1 aromatic carbocycles. The van der Waals surface area contributed by atoms with Gasteiger partial charge >= 0.3 is 11.9 Å². The monoisotopic (exact) mass is 418 g/mol. The van der Waals surface area contributed by atoms with Crippen molar-refractivity contribution in [2.24, 2.45) is 11.3 Å². The zero-order chi connectivity index (χ0) is 22.4. The van der Waals surface area contributed by atoms with Gasteiger partial charge in [0.2, 0.25) is 0 Å². The Labute approximate surface area is 183 Å². The summed E-state index contributed by atoms with van der Waals surface area (Å²) in [7, 11) is 0. The number of unbranched alkanes of at least 4 members (excludes halogenated alkanes) is 6. The lowest BCUT2D eigenvalue weighted by Gasteiger charge is -2.23. The van der Waals surface area contributed by atoms with E-state index in [0.29, 0.717) is 19.1 Å². The average molecular weight is 419 g/mol. The molecule has 0 aliphatic rings. The van der Waals surface area contributed by atoms with Gasteiger partial charge in [-0.25, -0.2) is 9.59 Å². The number of benzene rings is 1. The van der Waals surface area contributed by atoms with Crippen LogP contribution in [-0.4, -0.2) is 25.2 Å². The molecule has 0 fully saturated rings. The number of esters is 2. The lowest BCUT2D eigenvalue weighted by Crippen LogP contribution is -2.17. The van der Waals surface area contributed by atoms with Gasteiger partial charge in [0.1, 0.15) is 0 Å². The normalized spacial score (nSPS) is 12.4. The van der Waals surface area contributed by atoms with Crippen LogP contribution in [0.5, 0.6) is 0 Å². The summed E-state index contributed by atoms with van der Waals surface area (Å²) in [6.45, 7) is 11.8. The summed E-state index contributed by atoms with van der Waals surface area (Å²) in [4.78, 5) is 25.0. The second kappa shape index (κ2) is 14.2. The summed E-state index contributed by atoms with van der Waals surface area (Å²) in [5.74, 6) is -0.434. The molecule has 1 atom stereocenters. The van der Waals surface area contributed by atoms with Crippen molar-refractivity contribution in [1.29, 1.82) is 0 Å². The Morgan fingerprint density at radius 2 is 1.33 bits per heavy atom. The van der Waals surface area contributed by atoms with Crippen molar-refractivity contribution in [3.63, 3.8) is 0 Å². The maximum atomic E-state index is 12.5. The van der Waals surface area contributed by atoms with Crippen LogP contribution in [0.1, 0.15) is 113 Å². The zero-order valence-corrected chi connectivity index (χ0v) is 19.8. The highest BCUT2D eigenvalue weighted by atomic mass is 16.5. The Kier molecular flexibility index (Phi) is 12.4. The molecular weight excluding hydrogens is 376 g/mol. The molecule has 1 rings (SSSR count). The highest BCUT2D eigenvalue weighted by Gasteiger charge is 2.20. The Morgan fingerprint density at radius 3 is 1.87 bits per heavy atom. The highest BCUT2D eigenvalue weighted by Crippen LogP contribution is 2.26. The van der Waals surface area contributed by atoms with Crippen LogP contribution in [0.25, 0.3) is 0 Å². The van der Waals surface area contributed by atoms with Gasteiger partial charge in [0.15, 0.2) is 0 Å². The molecule has 170 valence electrons. The Balaban J connectivity index is 2.43. The van der Waals surface area contributed by atoms with Crippen molar-refractivity contribution in [3.05, 3.63) is 35.4 Å². The molecule has 0 aliphatic carbocycles. The summed E-state index contributed by atoms with van der Waals surface area (Å²) in [6, 6.07) is 6.75. The van der Waals surface area contributed by atoms with E-state index in [0.717, 1.165) is 25.7 Å². The van der Waals surface area contributed by atoms with E-state index in [-0.39, 0.29) is 16.5 Å². The quantitative estimate of drug-likeness (QED) is 0.236. The predicted octanol–water partition coefficient (Wildman–Crippen LogP) is 7.21.